The number of carbonyl (C=O) groups is 2. The molecule has 0 saturated carbocycles. The molecule has 1 N–H and O–H groups in total. The van der Waals surface area contributed by atoms with E-state index in [2.05, 4.69) is 5.32 Å². The lowest BCUT2D eigenvalue weighted by atomic mass is 10.0. The molecule has 0 aliphatic rings. The molecule has 5 nitrogen and oxygen atoms in total. The average molecular weight is 442 g/mol. The van der Waals surface area contributed by atoms with Gasteiger partial charge in [0.05, 0.1) is 11.8 Å². The monoisotopic (exact) mass is 442 g/mol. The summed E-state index contributed by atoms with van der Waals surface area (Å²) in [5.74, 6) is -0.755. The molecule has 3 aromatic carbocycles. The highest BCUT2D eigenvalue weighted by molar-refractivity contribution is 6.10. The van der Waals surface area contributed by atoms with Gasteiger partial charge in [0.25, 0.3) is 5.91 Å². The number of anilines is 1. The summed E-state index contributed by atoms with van der Waals surface area (Å²) >= 11 is 0. The summed E-state index contributed by atoms with van der Waals surface area (Å²) < 4.78 is 19.0. The number of aryl methyl sites for hydroxylation is 1. The van der Waals surface area contributed by atoms with Crippen molar-refractivity contribution in [3.05, 3.63) is 126 Å². The van der Waals surface area contributed by atoms with Gasteiger partial charge in [0.1, 0.15) is 17.6 Å². The van der Waals surface area contributed by atoms with Crippen molar-refractivity contribution < 1.29 is 18.4 Å². The fourth-order valence-corrected chi connectivity index (χ4v) is 3.65. The Morgan fingerprint density at radius 2 is 1.55 bits per heavy atom. The largest absolute Gasteiger partial charge is 0.469 e. The van der Waals surface area contributed by atoms with Crippen molar-refractivity contribution in [2.45, 2.75) is 19.5 Å². The highest BCUT2D eigenvalue weighted by atomic mass is 19.1. The number of nitrogens with one attached hydrogen (secondary N) is 1. The van der Waals surface area contributed by atoms with E-state index in [-0.39, 0.29) is 5.91 Å². The molecule has 0 fully saturated rings. The summed E-state index contributed by atoms with van der Waals surface area (Å²) in [7, 11) is 0. The fraction of sp³-hybridized carbons (Fsp3) is 0.111. The molecule has 0 unspecified atom stereocenters. The molecule has 0 spiro atoms. The number of halogens is 1. The van der Waals surface area contributed by atoms with Crippen molar-refractivity contribution in [1.82, 2.24) is 5.32 Å². The number of benzene rings is 3. The van der Waals surface area contributed by atoms with Crippen LogP contribution in [0.25, 0.3) is 0 Å². The van der Waals surface area contributed by atoms with E-state index in [0.717, 1.165) is 5.56 Å². The molecule has 6 heteroatoms. The topological polar surface area (TPSA) is 62.6 Å². The number of rotatable bonds is 7. The van der Waals surface area contributed by atoms with E-state index >= 15 is 0 Å². The van der Waals surface area contributed by atoms with Crippen LogP contribution in [0.3, 0.4) is 0 Å². The van der Waals surface area contributed by atoms with Crippen molar-refractivity contribution in [1.29, 1.82) is 0 Å². The number of hydrogen-bond donors (Lipinski definition) is 1. The first-order valence-electron chi connectivity index (χ1n) is 10.5. The molecule has 2 amide bonds. The lowest BCUT2D eigenvalue weighted by Crippen LogP contribution is -2.44. The highest BCUT2D eigenvalue weighted by Gasteiger charge is 2.34. The number of carbonyl (C=O) groups excluding carboxylic acids is 2. The molecule has 1 atom stereocenters. The molecular formula is C27H23FN2O3. The number of nitrogens with zero attached hydrogens (tertiary/aromatic N) is 1. The average Bonchev–Trinajstić information content (AvgIpc) is 3.28. The second kappa shape index (κ2) is 9.96. The van der Waals surface area contributed by atoms with Gasteiger partial charge in [-0.05, 0) is 48.4 Å². The molecule has 33 heavy (non-hydrogen) atoms. The van der Waals surface area contributed by atoms with Crippen molar-refractivity contribution in [2.24, 2.45) is 0 Å². The van der Waals surface area contributed by atoms with E-state index in [1.165, 1.54) is 35.4 Å². The second-order valence-corrected chi connectivity index (χ2v) is 7.56. The van der Waals surface area contributed by atoms with Crippen LogP contribution in [0, 0.1) is 12.7 Å². The Bertz CT molecular complexity index is 1220. The van der Waals surface area contributed by atoms with Crippen LogP contribution in [0.1, 0.15) is 33.3 Å². The van der Waals surface area contributed by atoms with Crippen molar-refractivity contribution in [3.8, 4) is 0 Å². The van der Waals surface area contributed by atoms with E-state index in [1.54, 1.807) is 37.3 Å². The van der Waals surface area contributed by atoms with Gasteiger partial charge in [-0.3, -0.25) is 14.5 Å². The van der Waals surface area contributed by atoms with Crippen LogP contribution in [0.4, 0.5) is 10.1 Å². The summed E-state index contributed by atoms with van der Waals surface area (Å²) in [6.45, 7) is 1.98. The maximum Gasteiger partial charge on any atom is 0.262 e. The van der Waals surface area contributed by atoms with Crippen LogP contribution in [-0.2, 0) is 11.3 Å². The van der Waals surface area contributed by atoms with Crippen LogP contribution >= 0.6 is 0 Å². The fourth-order valence-electron chi connectivity index (χ4n) is 3.65. The van der Waals surface area contributed by atoms with Crippen molar-refractivity contribution in [3.63, 3.8) is 0 Å². The Kier molecular flexibility index (Phi) is 6.64. The van der Waals surface area contributed by atoms with Gasteiger partial charge in [-0.2, -0.15) is 0 Å². The smallest absolute Gasteiger partial charge is 0.262 e. The molecule has 0 saturated heterocycles. The zero-order chi connectivity index (χ0) is 23.2. The first-order chi connectivity index (χ1) is 16.0. The van der Waals surface area contributed by atoms with E-state index in [9.17, 15) is 14.0 Å². The van der Waals surface area contributed by atoms with Crippen LogP contribution in [0.15, 0.2) is 102 Å². The van der Waals surface area contributed by atoms with Gasteiger partial charge in [-0.25, -0.2) is 4.39 Å². The number of para-hydroxylation sites is 1. The normalized spacial score (nSPS) is 11.6. The predicted molar refractivity (Wildman–Crippen MR) is 124 cm³/mol. The zero-order valence-electron chi connectivity index (χ0n) is 18.1. The summed E-state index contributed by atoms with van der Waals surface area (Å²) in [4.78, 5) is 28.7. The molecule has 0 aliphatic heterocycles. The minimum absolute atomic E-state index is 0.291. The Hall–Kier alpha value is -4.19. The van der Waals surface area contributed by atoms with Gasteiger partial charge in [0.2, 0.25) is 5.91 Å². The molecule has 1 aromatic heterocycles. The molecule has 166 valence electrons. The van der Waals surface area contributed by atoms with Gasteiger partial charge < -0.3 is 9.73 Å². The lowest BCUT2D eigenvalue weighted by Gasteiger charge is -2.31. The Morgan fingerprint density at radius 1 is 0.909 bits per heavy atom. The molecule has 0 bridgehead atoms. The van der Waals surface area contributed by atoms with Crippen LogP contribution < -0.4 is 10.2 Å². The molecular weight excluding hydrogens is 419 g/mol. The SMILES string of the molecule is Cc1occc1C(=O)N(c1ccccc1)[C@H](C(=O)NCc1ccccc1)c1ccc(F)cc1. The quantitative estimate of drug-likeness (QED) is 0.415. The van der Waals surface area contributed by atoms with Gasteiger partial charge in [0.15, 0.2) is 0 Å². The third kappa shape index (κ3) is 5.01. The maximum absolute atomic E-state index is 13.7. The van der Waals surface area contributed by atoms with Crippen LogP contribution in [-0.4, -0.2) is 11.8 Å². The van der Waals surface area contributed by atoms with E-state index < -0.39 is 17.8 Å². The molecule has 0 aliphatic carbocycles. The summed E-state index contributed by atoms with van der Waals surface area (Å²) in [5.41, 5.74) is 2.29. The summed E-state index contributed by atoms with van der Waals surface area (Å²) in [5, 5.41) is 2.93. The highest BCUT2D eigenvalue weighted by Crippen LogP contribution is 2.31. The number of amides is 2. The molecule has 4 rings (SSSR count). The van der Waals surface area contributed by atoms with Gasteiger partial charge >= 0.3 is 0 Å². The van der Waals surface area contributed by atoms with Crippen LogP contribution in [0.5, 0.6) is 0 Å². The maximum atomic E-state index is 13.7. The number of furan rings is 1. The zero-order valence-corrected chi connectivity index (χ0v) is 18.1. The minimum Gasteiger partial charge on any atom is -0.469 e. The number of hydrogen-bond acceptors (Lipinski definition) is 3. The Balaban J connectivity index is 1.77. The summed E-state index contributed by atoms with van der Waals surface area (Å²) in [6, 6.07) is 24.6. The molecule has 0 radical (unpaired) electrons. The lowest BCUT2D eigenvalue weighted by molar-refractivity contribution is -0.122. The van der Waals surface area contributed by atoms with E-state index in [1.807, 2.05) is 36.4 Å². The minimum atomic E-state index is -1.03. The van der Waals surface area contributed by atoms with Crippen LogP contribution in [0.2, 0.25) is 0 Å². The van der Waals surface area contributed by atoms with Crippen molar-refractivity contribution in [2.75, 3.05) is 4.90 Å². The van der Waals surface area contributed by atoms with E-state index in [0.29, 0.717) is 29.1 Å². The first kappa shape index (κ1) is 22.0. The van der Waals surface area contributed by atoms with Gasteiger partial charge in [-0.15, -0.1) is 0 Å². The predicted octanol–water partition coefficient (Wildman–Crippen LogP) is 5.43. The van der Waals surface area contributed by atoms with Crippen molar-refractivity contribution >= 4 is 17.5 Å². The Morgan fingerprint density at radius 3 is 2.15 bits per heavy atom. The van der Waals surface area contributed by atoms with Gasteiger partial charge in [0, 0.05) is 12.2 Å². The second-order valence-electron chi connectivity index (χ2n) is 7.56. The first-order valence-corrected chi connectivity index (χ1v) is 10.5. The van der Waals surface area contributed by atoms with Gasteiger partial charge in [-0.1, -0.05) is 60.7 Å². The molecule has 4 aromatic rings. The van der Waals surface area contributed by atoms with E-state index in [4.69, 9.17) is 4.42 Å². The summed E-state index contributed by atoms with van der Waals surface area (Å²) in [6.07, 6.45) is 1.44. The molecule has 1 heterocycles. The standard InChI is InChI=1S/C27H23FN2O3/c1-19-24(16-17-33-19)27(32)30(23-10-6-3-7-11-23)25(21-12-14-22(28)15-13-21)26(31)29-18-20-8-4-2-5-9-20/h2-17,25H,18H2,1H3,(H,29,31)/t25-/m0/s1. The third-order valence-electron chi connectivity index (χ3n) is 5.34. The third-order valence-corrected chi connectivity index (χ3v) is 5.34. The Labute approximate surface area is 191 Å².